The van der Waals surface area contributed by atoms with E-state index in [1.807, 2.05) is 6.92 Å². The highest BCUT2D eigenvalue weighted by atomic mass is 16.5. The van der Waals surface area contributed by atoms with Crippen LogP contribution >= 0.6 is 0 Å². The fourth-order valence-corrected chi connectivity index (χ4v) is 2.72. The van der Waals surface area contributed by atoms with Crippen molar-refractivity contribution in [3.05, 3.63) is 41.9 Å². The average Bonchev–Trinajstić information content (AvgIpc) is 2.66. The zero-order valence-corrected chi connectivity index (χ0v) is 16.6. The van der Waals surface area contributed by atoms with Gasteiger partial charge < -0.3 is 23.8 Å². The van der Waals surface area contributed by atoms with E-state index in [2.05, 4.69) is 9.97 Å². The van der Waals surface area contributed by atoms with Gasteiger partial charge in [0.1, 0.15) is 23.3 Å². The highest BCUT2D eigenvalue weighted by Gasteiger charge is 2.23. The van der Waals surface area contributed by atoms with Gasteiger partial charge in [-0.05, 0) is 25.5 Å². The SMILES string of the molecule is COCC(C)Oc1cc(Oc2cnc(C(=O)N3CCC3)cn2)cc(C(=O)OC)c1. The summed E-state index contributed by atoms with van der Waals surface area (Å²) in [4.78, 5) is 34.1. The Labute approximate surface area is 168 Å². The van der Waals surface area contributed by atoms with Crippen molar-refractivity contribution in [2.75, 3.05) is 33.9 Å². The lowest BCUT2D eigenvalue weighted by molar-refractivity contribution is 0.0597. The van der Waals surface area contributed by atoms with E-state index in [9.17, 15) is 9.59 Å². The maximum Gasteiger partial charge on any atom is 0.338 e. The van der Waals surface area contributed by atoms with Crippen LogP contribution in [-0.2, 0) is 9.47 Å². The Morgan fingerprint density at radius 1 is 1.10 bits per heavy atom. The second-order valence-electron chi connectivity index (χ2n) is 6.56. The first-order valence-corrected chi connectivity index (χ1v) is 9.18. The maximum absolute atomic E-state index is 12.2. The number of aromatic nitrogens is 2. The summed E-state index contributed by atoms with van der Waals surface area (Å²) in [6.45, 7) is 3.71. The highest BCUT2D eigenvalue weighted by Crippen LogP contribution is 2.27. The third-order valence-corrected chi connectivity index (χ3v) is 4.25. The Balaban J connectivity index is 1.77. The molecule has 1 aromatic heterocycles. The number of hydrogen-bond acceptors (Lipinski definition) is 8. The number of methoxy groups -OCH3 is 2. The molecular formula is C20H23N3O6. The van der Waals surface area contributed by atoms with Crippen molar-refractivity contribution in [1.29, 1.82) is 0 Å². The number of hydrogen-bond donors (Lipinski definition) is 0. The van der Waals surface area contributed by atoms with Crippen LogP contribution in [-0.4, -0.2) is 66.8 Å². The van der Waals surface area contributed by atoms with E-state index in [-0.39, 0.29) is 29.1 Å². The van der Waals surface area contributed by atoms with Crippen molar-refractivity contribution in [2.24, 2.45) is 0 Å². The van der Waals surface area contributed by atoms with Crippen molar-refractivity contribution in [3.63, 3.8) is 0 Å². The Kier molecular flexibility index (Phi) is 6.61. The van der Waals surface area contributed by atoms with E-state index < -0.39 is 5.97 Å². The predicted octanol–water partition coefficient (Wildman–Crippen LogP) is 2.32. The fraction of sp³-hybridized carbons (Fsp3) is 0.400. The molecule has 154 valence electrons. The molecule has 1 fully saturated rings. The molecule has 29 heavy (non-hydrogen) atoms. The van der Waals surface area contributed by atoms with Gasteiger partial charge in [0.2, 0.25) is 5.88 Å². The lowest BCUT2D eigenvalue weighted by Crippen LogP contribution is -2.42. The molecule has 0 aliphatic carbocycles. The minimum Gasteiger partial charge on any atom is -0.488 e. The lowest BCUT2D eigenvalue weighted by Gasteiger charge is -2.30. The zero-order valence-electron chi connectivity index (χ0n) is 16.6. The van der Waals surface area contributed by atoms with Gasteiger partial charge >= 0.3 is 5.97 Å². The topological polar surface area (TPSA) is 100 Å². The Morgan fingerprint density at radius 2 is 1.86 bits per heavy atom. The summed E-state index contributed by atoms with van der Waals surface area (Å²) < 4.78 is 21.3. The number of amides is 1. The first kappa shape index (κ1) is 20.5. The molecule has 3 rings (SSSR count). The Hall–Kier alpha value is -3.20. The molecule has 1 aliphatic rings. The second kappa shape index (κ2) is 9.33. The molecule has 1 aromatic carbocycles. The molecule has 9 heteroatoms. The van der Waals surface area contributed by atoms with Crippen LogP contribution in [0, 0.1) is 0 Å². The van der Waals surface area contributed by atoms with Crippen LogP contribution in [0.3, 0.4) is 0 Å². The molecule has 2 heterocycles. The first-order chi connectivity index (χ1) is 14.0. The van der Waals surface area contributed by atoms with E-state index in [0.717, 1.165) is 19.5 Å². The number of benzene rings is 1. The smallest absolute Gasteiger partial charge is 0.338 e. The van der Waals surface area contributed by atoms with Crippen molar-refractivity contribution in [3.8, 4) is 17.4 Å². The van der Waals surface area contributed by atoms with Crippen molar-refractivity contribution < 1.29 is 28.5 Å². The zero-order chi connectivity index (χ0) is 20.8. The van der Waals surface area contributed by atoms with Gasteiger partial charge in [0, 0.05) is 26.3 Å². The van der Waals surface area contributed by atoms with Gasteiger partial charge in [-0.15, -0.1) is 0 Å². The molecular weight excluding hydrogens is 378 g/mol. The third-order valence-electron chi connectivity index (χ3n) is 4.25. The Morgan fingerprint density at radius 3 is 2.45 bits per heavy atom. The molecule has 1 atom stereocenters. The van der Waals surface area contributed by atoms with Crippen LogP contribution in [0.15, 0.2) is 30.6 Å². The van der Waals surface area contributed by atoms with Gasteiger partial charge in [-0.3, -0.25) is 4.79 Å². The van der Waals surface area contributed by atoms with E-state index in [0.29, 0.717) is 18.1 Å². The number of ether oxygens (including phenoxy) is 4. The number of rotatable bonds is 8. The molecule has 2 aromatic rings. The average molecular weight is 401 g/mol. The summed E-state index contributed by atoms with van der Waals surface area (Å²) in [5.74, 6) is 0.253. The van der Waals surface area contributed by atoms with E-state index in [4.69, 9.17) is 18.9 Å². The third kappa shape index (κ3) is 5.20. The van der Waals surface area contributed by atoms with Crippen LogP contribution < -0.4 is 9.47 Å². The van der Waals surface area contributed by atoms with Crippen LogP contribution in [0.1, 0.15) is 34.2 Å². The van der Waals surface area contributed by atoms with Gasteiger partial charge in [0.05, 0.1) is 31.7 Å². The monoisotopic (exact) mass is 401 g/mol. The molecule has 0 spiro atoms. The molecule has 1 amide bonds. The van der Waals surface area contributed by atoms with Crippen LogP contribution in [0.5, 0.6) is 17.4 Å². The van der Waals surface area contributed by atoms with Crippen LogP contribution in [0.25, 0.3) is 0 Å². The highest BCUT2D eigenvalue weighted by molar-refractivity contribution is 5.92. The van der Waals surface area contributed by atoms with Gasteiger partial charge in [0.15, 0.2) is 0 Å². The number of likely N-dealkylation sites (tertiary alicyclic amines) is 1. The summed E-state index contributed by atoms with van der Waals surface area (Å²) >= 11 is 0. The van der Waals surface area contributed by atoms with Crippen LogP contribution in [0.2, 0.25) is 0 Å². The molecule has 0 saturated carbocycles. The minimum atomic E-state index is -0.527. The molecule has 1 unspecified atom stereocenters. The second-order valence-corrected chi connectivity index (χ2v) is 6.56. The van der Waals surface area contributed by atoms with Gasteiger partial charge in [-0.1, -0.05) is 0 Å². The molecule has 0 N–H and O–H groups in total. The van der Waals surface area contributed by atoms with Crippen molar-refractivity contribution in [1.82, 2.24) is 14.9 Å². The summed E-state index contributed by atoms with van der Waals surface area (Å²) in [7, 11) is 2.87. The minimum absolute atomic E-state index is 0.147. The summed E-state index contributed by atoms with van der Waals surface area (Å²) in [6, 6.07) is 4.70. The number of carbonyl (C=O) groups is 2. The largest absolute Gasteiger partial charge is 0.488 e. The summed E-state index contributed by atoms with van der Waals surface area (Å²) in [5.41, 5.74) is 0.528. The number of carbonyl (C=O) groups excluding carboxylic acids is 2. The summed E-state index contributed by atoms with van der Waals surface area (Å²) in [6.07, 6.45) is 3.52. The normalized spacial score (nSPS) is 14.0. The molecule has 1 saturated heterocycles. The fourth-order valence-electron chi connectivity index (χ4n) is 2.72. The number of nitrogens with zero attached hydrogens (tertiary/aromatic N) is 3. The number of esters is 1. The standard InChI is InChI=1S/C20H23N3O6/c1-13(12-26-2)28-15-7-14(20(25)27-3)8-16(9-15)29-18-11-21-17(10-22-18)19(24)23-5-4-6-23/h7-11,13H,4-6,12H2,1-3H3. The summed E-state index contributed by atoms with van der Waals surface area (Å²) in [5, 5.41) is 0. The lowest BCUT2D eigenvalue weighted by atomic mass is 10.2. The molecule has 9 nitrogen and oxygen atoms in total. The van der Waals surface area contributed by atoms with Crippen LogP contribution in [0.4, 0.5) is 0 Å². The van der Waals surface area contributed by atoms with Gasteiger partial charge in [-0.25, -0.2) is 14.8 Å². The Bertz CT molecular complexity index is 867. The molecule has 0 bridgehead atoms. The van der Waals surface area contributed by atoms with Gasteiger partial charge in [-0.2, -0.15) is 0 Å². The predicted molar refractivity (Wildman–Crippen MR) is 102 cm³/mol. The van der Waals surface area contributed by atoms with Gasteiger partial charge in [0.25, 0.3) is 5.91 Å². The molecule has 1 aliphatic heterocycles. The molecule has 0 radical (unpaired) electrons. The quantitative estimate of drug-likeness (QED) is 0.621. The van der Waals surface area contributed by atoms with E-state index >= 15 is 0 Å². The first-order valence-electron chi connectivity index (χ1n) is 9.18. The van der Waals surface area contributed by atoms with Crippen molar-refractivity contribution in [2.45, 2.75) is 19.4 Å². The maximum atomic E-state index is 12.2. The van der Waals surface area contributed by atoms with E-state index in [1.165, 1.54) is 25.6 Å². The van der Waals surface area contributed by atoms with E-state index in [1.54, 1.807) is 24.1 Å². The van der Waals surface area contributed by atoms with Crippen molar-refractivity contribution >= 4 is 11.9 Å².